The van der Waals surface area contributed by atoms with Gasteiger partial charge in [-0.25, -0.2) is 8.42 Å². The molecule has 0 aliphatic carbocycles. The van der Waals surface area contributed by atoms with Crippen molar-refractivity contribution in [3.05, 3.63) is 23.2 Å². The van der Waals surface area contributed by atoms with Crippen molar-refractivity contribution >= 4 is 21.6 Å². The molecule has 0 bridgehead atoms. The van der Waals surface area contributed by atoms with E-state index in [2.05, 4.69) is 5.32 Å². The minimum Gasteiger partial charge on any atom is -0.495 e. The third-order valence-electron chi connectivity index (χ3n) is 3.62. The van der Waals surface area contributed by atoms with Crippen molar-refractivity contribution in [1.82, 2.24) is 9.62 Å². The molecule has 20 heavy (non-hydrogen) atoms. The summed E-state index contributed by atoms with van der Waals surface area (Å²) in [6.45, 7) is 1.68. The third kappa shape index (κ3) is 3.09. The Kier molecular flexibility index (Phi) is 4.90. The van der Waals surface area contributed by atoms with Gasteiger partial charge in [-0.3, -0.25) is 0 Å². The summed E-state index contributed by atoms with van der Waals surface area (Å²) in [5, 5.41) is 3.52. The van der Waals surface area contributed by atoms with E-state index in [1.54, 1.807) is 13.1 Å². The zero-order chi connectivity index (χ0) is 14.8. The molecule has 0 radical (unpaired) electrons. The van der Waals surface area contributed by atoms with Crippen LogP contribution in [0.4, 0.5) is 0 Å². The molecule has 0 spiro atoms. The maximum atomic E-state index is 12.6. The van der Waals surface area contributed by atoms with Gasteiger partial charge in [0.05, 0.1) is 17.0 Å². The second-order valence-electron chi connectivity index (χ2n) is 4.80. The Morgan fingerprint density at radius 2 is 2.00 bits per heavy atom. The summed E-state index contributed by atoms with van der Waals surface area (Å²) in [6, 6.07) is 4.57. The van der Waals surface area contributed by atoms with Crippen molar-refractivity contribution in [3.63, 3.8) is 0 Å². The first kappa shape index (κ1) is 15.6. The molecular weight excluding hydrogens is 300 g/mol. The van der Waals surface area contributed by atoms with Crippen molar-refractivity contribution < 1.29 is 13.2 Å². The van der Waals surface area contributed by atoms with Crippen LogP contribution in [-0.4, -0.2) is 46.0 Å². The maximum Gasteiger partial charge on any atom is 0.243 e. The van der Waals surface area contributed by atoms with Gasteiger partial charge in [-0.2, -0.15) is 4.31 Å². The van der Waals surface area contributed by atoms with E-state index in [0.717, 1.165) is 25.9 Å². The average Bonchev–Trinajstić information content (AvgIpc) is 2.47. The van der Waals surface area contributed by atoms with Crippen molar-refractivity contribution in [2.24, 2.45) is 0 Å². The fraction of sp³-hybridized carbons (Fsp3) is 0.538. The molecule has 1 N–H and O–H groups in total. The van der Waals surface area contributed by atoms with Crippen LogP contribution in [0.1, 0.15) is 12.8 Å². The smallest absolute Gasteiger partial charge is 0.243 e. The topological polar surface area (TPSA) is 58.6 Å². The second-order valence-corrected chi connectivity index (χ2v) is 7.20. The Morgan fingerprint density at radius 3 is 2.55 bits per heavy atom. The number of ether oxygens (including phenoxy) is 1. The summed E-state index contributed by atoms with van der Waals surface area (Å²) in [5.74, 6) is 0.468. The van der Waals surface area contributed by atoms with Crippen LogP contribution in [0.15, 0.2) is 23.1 Å². The van der Waals surface area contributed by atoms with E-state index in [-0.39, 0.29) is 10.9 Å². The molecule has 1 aliphatic rings. The summed E-state index contributed by atoms with van der Waals surface area (Å²) in [7, 11) is -0.396. The lowest BCUT2D eigenvalue weighted by atomic mass is 10.1. The number of hydrogen-bond donors (Lipinski definition) is 1. The number of piperidine rings is 1. The molecule has 112 valence electrons. The minimum absolute atomic E-state index is 0.0297. The van der Waals surface area contributed by atoms with Gasteiger partial charge < -0.3 is 10.1 Å². The van der Waals surface area contributed by atoms with Gasteiger partial charge in [0.1, 0.15) is 5.75 Å². The SMILES string of the molecule is COc1ccc(S(=O)(=O)N(C)C2CCNCC2)cc1Cl. The summed E-state index contributed by atoms with van der Waals surface area (Å²) in [4.78, 5) is 0.198. The molecule has 1 saturated heterocycles. The van der Waals surface area contributed by atoms with Crippen molar-refractivity contribution in [2.75, 3.05) is 27.2 Å². The van der Waals surface area contributed by atoms with Crippen LogP contribution in [0.2, 0.25) is 5.02 Å². The molecule has 1 aliphatic heterocycles. The van der Waals surface area contributed by atoms with E-state index >= 15 is 0 Å². The summed E-state index contributed by atoms with van der Waals surface area (Å²) in [5.41, 5.74) is 0. The predicted molar refractivity (Wildman–Crippen MR) is 78.8 cm³/mol. The van der Waals surface area contributed by atoms with Crippen LogP contribution in [-0.2, 0) is 10.0 Å². The standard InChI is InChI=1S/C13H19ClN2O3S/c1-16(10-5-7-15-8-6-10)20(17,18)11-3-4-13(19-2)12(14)9-11/h3-4,9-10,15H,5-8H2,1-2H3. The monoisotopic (exact) mass is 318 g/mol. The first-order valence-corrected chi connectivity index (χ1v) is 8.31. The number of benzene rings is 1. The normalized spacial score (nSPS) is 17.4. The molecule has 2 rings (SSSR count). The van der Waals surface area contributed by atoms with Crippen molar-refractivity contribution in [2.45, 2.75) is 23.8 Å². The molecule has 0 unspecified atom stereocenters. The Bertz CT molecular complexity index is 571. The van der Waals surface area contributed by atoms with Gasteiger partial charge in [0.2, 0.25) is 10.0 Å². The third-order valence-corrected chi connectivity index (χ3v) is 5.82. The molecule has 1 fully saturated rings. The highest BCUT2D eigenvalue weighted by molar-refractivity contribution is 7.89. The Morgan fingerprint density at radius 1 is 1.35 bits per heavy atom. The molecule has 0 amide bonds. The molecule has 1 aromatic carbocycles. The molecule has 0 atom stereocenters. The van der Waals surface area contributed by atoms with E-state index in [0.29, 0.717) is 10.8 Å². The lowest BCUT2D eigenvalue weighted by Crippen LogP contribution is -2.43. The summed E-state index contributed by atoms with van der Waals surface area (Å²) >= 11 is 6.01. The van der Waals surface area contributed by atoms with Crippen LogP contribution >= 0.6 is 11.6 Å². The molecule has 1 heterocycles. The highest BCUT2D eigenvalue weighted by atomic mass is 35.5. The van der Waals surface area contributed by atoms with Gasteiger partial charge in [-0.1, -0.05) is 11.6 Å². The fourth-order valence-electron chi connectivity index (χ4n) is 2.34. The summed E-state index contributed by atoms with van der Waals surface area (Å²) in [6.07, 6.45) is 1.64. The van der Waals surface area contributed by atoms with Gasteiger partial charge in [-0.15, -0.1) is 0 Å². The minimum atomic E-state index is -3.52. The van der Waals surface area contributed by atoms with Crippen LogP contribution in [0.25, 0.3) is 0 Å². The van der Waals surface area contributed by atoms with Crippen LogP contribution in [0.5, 0.6) is 5.75 Å². The Balaban J connectivity index is 2.27. The molecule has 5 nitrogen and oxygen atoms in total. The second kappa shape index (κ2) is 6.30. The lowest BCUT2D eigenvalue weighted by Gasteiger charge is -2.30. The number of methoxy groups -OCH3 is 1. The predicted octanol–water partition coefficient (Wildman–Crippen LogP) is 1.72. The van der Waals surface area contributed by atoms with Gasteiger partial charge in [0.25, 0.3) is 0 Å². The van der Waals surface area contributed by atoms with E-state index in [4.69, 9.17) is 16.3 Å². The maximum absolute atomic E-state index is 12.6. The summed E-state index contributed by atoms with van der Waals surface area (Å²) < 4.78 is 31.7. The van der Waals surface area contributed by atoms with Crippen LogP contribution < -0.4 is 10.1 Å². The first-order chi connectivity index (χ1) is 9.46. The van der Waals surface area contributed by atoms with Gasteiger partial charge in [0, 0.05) is 13.1 Å². The quantitative estimate of drug-likeness (QED) is 0.918. The number of halogens is 1. The number of nitrogens with zero attached hydrogens (tertiary/aromatic N) is 1. The highest BCUT2D eigenvalue weighted by Gasteiger charge is 2.29. The van der Waals surface area contributed by atoms with Crippen LogP contribution in [0, 0.1) is 0 Å². The van der Waals surface area contributed by atoms with Crippen molar-refractivity contribution in [1.29, 1.82) is 0 Å². The highest BCUT2D eigenvalue weighted by Crippen LogP contribution is 2.29. The molecule has 7 heteroatoms. The lowest BCUT2D eigenvalue weighted by molar-refractivity contribution is 0.296. The largest absolute Gasteiger partial charge is 0.495 e. The number of hydrogen-bond acceptors (Lipinski definition) is 4. The van der Waals surface area contributed by atoms with E-state index in [1.807, 2.05) is 0 Å². The molecule has 1 aromatic rings. The van der Waals surface area contributed by atoms with E-state index in [9.17, 15) is 8.42 Å². The molecular formula is C13H19ClN2O3S. The van der Waals surface area contributed by atoms with Gasteiger partial charge in [0.15, 0.2) is 0 Å². The van der Waals surface area contributed by atoms with Crippen LogP contribution in [0.3, 0.4) is 0 Å². The zero-order valence-electron chi connectivity index (χ0n) is 11.6. The number of rotatable bonds is 4. The van der Waals surface area contributed by atoms with E-state index < -0.39 is 10.0 Å². The average molecular weight is 319 g/mol. The van der Waals surface area contributed by atoms with E-state index in [1.165, 1.54) is 23.5 Å². The number of sulfonamides is 1. The Labute approximate surface area is 124 Å². The van der Waals surface area contributed by atoms with Gasteiger partial charge >= 0.3 is 0 Å². The Hall–Kier alpha value is -0.820. The van der Waals surface area contributed by atoms with Crippen molar-refractivity contribution in [3.8, 4) is 5.75 Å². The van der Waals surface area contributed by atoms with Gasteiger partial charge in [-0.05, 0) is 44.1 Å². The molecule has 0 aromatic heterocycles. The fourth-order valence-corrected chi connectivity index (χ4v) is 4.11. The molecule has 0 saturated carbocycles. The first-order valence-electron chi connectivity index (χ1n) is 6.49. The zero-order valence-corrected chi connectivity index (χ0v) is 13.2. The number of nitrogens with one attached hydrogen (secondary N) is 1.